The molecule has 0 aromatic heterocycles. The topological polar surface area (TPSA) is 89.9 Å². The lowest BCUT2D eigenvalue weighted by atomic mass is 9.48. The van der Waals surface area contributed by atoms with Crippen molar-refractivity contribution >= 4 is 23.8 Å². The Morgan fingerprint density at radius 3 is 2.50 bits per heavy atom. The van der Waals surface area contributed by atoms with Gasteiger partial charge >= 0.3 is 18.1 Å². The summed E-state index contributed by atoms with van der Waals surface area (Å²) in [6, 6.07) is 4.79. The Morgan fingerprint density at radius 1 is 1.21 bits per heavy atom. The van der Waals surface area contributed by atoms with Crippen LogP contribution in [-0.2, 0) is 30.0 Å². The maximum absolute atomic E-state index is 13.4. The zero-order valence-electron chi connectivity index (χ0n) is 25.1. The number of aliphatic hydroxyl groups excluding tert-OH is 1. The molecule has 2 fully saturated rings. The molecule has 0 bridgehead atoms. The van der Waals surface area contributed by atoms with Crippen LogP contribution in [0.2, 0.25) is 0 Å². The monoisotopic (exact) mass is 592 g/mol. The third-order valence-electron chi connectivity index (χ3n) is 10.4. The first kappa shape index (κ1) is 33.6. The molecule has 42 heavy (non-hydrogen) atoms. The minimum absolute atomic E-state index is 0.0472. The smallest absolute Gasteiger partial charge is 0.416 e. The number of Topliss-reactive ketones (excluding diaryl/α,β-unsaturated/α-hetero) is 1. The molecule has 9 heteroatoms. The van der Waals surface area contributed by atoms with E-state index in [1.54, 1.807) is 6.08 Å². The predicted molar refractivity (Wildman–Crippen MR) is 153 cm³/mol. The molecule has 0 saturated heterocycles. The van der Waals surface area contributed by atoms with Crippen molar-refractivity contribution in [1.82, 2.24) is 0 Å². The highest BCUT2D eigenvalue weighted by Gasteiger charge is 2.63. The Kier molecular flexibility index (Phi) is 10.2. The number of halogens is 3. The number of hydrogen-bond donors (Lipinski definition) is 1. The van der Waals surface area contributed by atoms with Gasteiger partial charge in [0.05, 0.1) is 18.3 Å². The second-order valence-electron chi connectivity index (χ2n) is 12.6. The summed E-state index contributed by atoms with van der Waals surface area (Å²) < 4.78 is 50.0. The van der Waals surface area contributed by atoms with E-state index in [1.807, 2.05) is 34.6 Å². The lowest BCUT2D eigenvalue weighted by Crippen LogP contribution is -2.56. The molecular formula is C33H43F3O6. The number of carbonyl (C=O) groups is 3. The zero-order valence-corrected chi connectivity index (χ0v) is 25.1. The van der Waals surface area contributed by atoms with Crippen LogP contribution in [0.1, 0.15) is 77.8 Å². The van der Waals surface area contributed by atoms with Crippen molar-refractivity contribution in [3.63, 3.8) is 0 Å². The molecule has 0 amide bonds. The summed E-state index contributed by atoms with van der Waals surface area (Å²) in [4.78, 5) is 38.2. The van der Waals surface area contributed by atoms with Crippen molar-refractivity contribution in [2.45, 2.75) is 79.0 Å². The predicted octanol–water partition coefficient (Wildman–Crippen LogP) is 6.81. The number of carbonyl (C=O) groups excluding carboxylic acids is 3. The molecule has 0 unspecified atom stereocenters. The molecular weight excluding hydrogens is 549 g/mol. The Balaban J connectivity index is 1.69. The minimum Gasteiger partial charge on any atom is -0.463 e. The SMILES string of the molecule is C=C[C@](C)(CC)[C@@H](O)[C@H](C)[C@]12CCC(=O)[C@H]1[C@](C)(COC(=O)COC(=O)/C=C/c1ccccc1C(F)(F)F)[C@H](C)CC2. The number of hydrogen-bond acceptors (Lipinski definition) is 6. The lowest BCUT2D eigenvalue weighted by molar-refractivity contribution is -0.172. The average molecular weight is 593 g/mol. The fourth-order valence-corrected chi connectivity index (χ4v) is 7.18. The highest BCUT2D eigenvalue weighted by Crippen LogP contribution is 2.64. The maximum atomic E-state index is 13.4. The highest BCUT2D eigenvalue weighted by molar-refractivity contribution is 5.89. The van der Waals surface area contributed by atoms with Crippen molar-refractivity contribution in [1.29, 1.82) is 0 Å². The molecule has 1 aromatic carbocycles. The van der Waals surface area contributed by atoms with Crippen molar-refractivity contribution in [3.8, 4) is 0 Å². The molecule has 0 heterocycles. The Bertz CT molecular complexity index is 1210. The van der Waals surface area contributed by atoms with Crippen LogP contribution >= 0.6 is 0 Å². The van der Waals surface area contributed by atoms with E-state index in [1.165, 1.54) is 18.2 Å². The molecule has 7 atom stereocenters. The number of ketones is 1. The van der Waals surface area contributed by atoms with E-state index >= 15 is 0 Å². The molecule has 0 spiro atoms. The van der Waals surface area contributed by atoms with Gasteiger partial charge in [0.2, 0.25) is 0 Å². The quantitative estimate of drug-likeness (QED) is 0.173. The Hall–Kier alpha value is -2.94. The summed E-state index contributed by atoms with van der Waals surface area (Å²) in [6.07, 6.45) is 1.64. The zero-order chi connectivity index (χ0) is 31.5. The van der Waals surface area contributed by atoms with Crippen molar-refractivity contribution in [3.05, 3.63) is 54.1 Å². The number of fused-ring (bicyclic) bond motifs is 1. The molecule has 232 valence electrons. The minimum atomic E-state index is -4.59. The summed E-state index contributed by atoms with van der Waals surface area (Å²) >= 11 is 0. The van der Waals surface area contributed by atoms with E-state index in [0.717, 1.165) is 31.1 Å². The lowest BCUT2D eigenvalue weighted by Gasteiger charge is -2.56. The van der Waals surface area contributed by atoms with Crippen LogP contribution in [0.3, 0.4) is 0 Å². The second kappa shape index (κ2) is 12.7. The highest BCUT2D eigenvalue weighted by atomic mass is 19.4. The summed E-state index contributed by atoms with van der Waals surface area (Å²) in [7, 11) is 0. The van der Waals surface area contributed by atoms with Gasteiger partial charge in [-0.15, -0.1) is 6.58 Å². The third-order valence-corrected chi connectivity index (χ3v) is 10.4. The van der Waals surface area contributed by atoms with Crippen LogP contribution < -0.4 is 0 Å². The van der Waals surface area contributed by atoms with E-state index < -0.39 is 58.6 Å². The molecule has 1 N–H and O–H groups in total. The van der Waals surface area contributed by atoms with Gasteiger partial charge in [-0.1, -0.05) is 58.9 Å². The van der Waals surface area contributed by atoms with Crippen LogP contribution in [0.5, 0.6) is 0 Å². The van der Waals surface area contributed by atoms with Gasteiger partial charge in [-0.3, -0.25) is 4.79 Å². The molecule has 2 aliphatic rings. The molecule has 6 nitrogen and oxygen atoms in total. The number of aliphatic hydroxyl groups is 1. The number of alkyl halides is 3. The summed E-state index contributed by atoms with van der Waals surface area (Å²) in [6.45, 7) is 13.1. The fourth-order valence-electron chi connectivity index (χ4n) is 7.18. The Labute approximate surface area is 246 Å². The second-order valence-corrected chi connectivity index (χ2v) is 12.6. The van der Waals surface area contributed by atoms with Crippen molar-refractivity contribution < 1.29 is 42.1 Å². The maximum Gasteiger partial charge on any atom is 0.416 e. The first-order valence-corrected chi connectivity index (χ1v) is 14.6. The van der Waals surface area contributed by atoms with E-state index in [0.29, 0.717) is 19.3 Å². The van der Waals surface area contributed by atoms with Gasteiger partial charge in [0.15, 0.2) is 6.61 Å². The van der Waals surface area contributed by atoms with Gasteiger partial charge in [-0.05, 0) is 60.6 Å². The summed E-state index contributed by atoms with van der Waals surface area (Å²) in [5.74, 6) is -2.28. The van der Waals surface area contributed by atoms with Crippen molar-refractivity contribution in [2.24, 2.45) is 34.0 Å². The third kappa shape index (κ3) is 6.51. The van der Waals surface area contributed by atoms with Gasteiger partial charge in [-0.2, -0.15) is 13.2 Å². The Morgan fingerprint density at radius 2 is 1.88 bits per heavy atom. The molecule has 2 aliphatic carbocycles. The van der Waals surface area contributed by atoms with Gasteiger partial charge in [0.25, 0.3) is 0 Å². The number of esters is 2. The average Bonchev–Trinajstić information content (AvgIpc) is 3.32. The van der Waals surface area contributed by atoms with Gasteiger partial charge in [0.1, 0.15) is 5.78 Å². The molecule has 0 radical (unpaired) electrons. The van der Waals surface area contributed by atoms with E-state index in [9.17, 15) is 32.7 Å². The normalized spacial score (nSPS) is 28.9. The number of rotatable bonds is 11. The number of ether oxygens (including phenoxy) is 2. The van der Waals surface area contributed by atoms with Crippen LogP contribution in [0.4, 0.5) is 13.2 Å². The van der Waals surface area contributed by atoms with Gasteiger partial charge in [-0.25, -0.2) is 9.59 Å². The first-order valence-electron chi connectivity index (χ1n) is 14.6. The van der Waals surface area contributed by atoms with E-state index in [4.69, 9.17) is 9.47 Å². The summed E-state index contributed by atoms with van der Waals surface area (Å²) in [5.41, 5.74) is -2.76. The van der Waals surface area contributed by atoms with Gasteiger partial charge in [0, 0.05) is 29.2 Å². The van der Waals surface area contributed by atoms with Gasteiger partial charge < -0.3 is 14.6 Å². The van der Waals surface area contributed by atoms with Crippen LogP contribution in [0.25, 0.3) is 6.08 Å². The molecule has 0 aliphatic heterocycles. The van der Waals surface area contributed by atoms with Crippen molar-refractivity contribution in [2.75, 3.05) is 13.2 Å². The number of benzene rings is 1. The summed E-state index contributed by atoms with van der Waals surface area (Å²) in [5, 5.41) is 11.5. The van der Waals surface area contributed by atoms with Crippen LogP contribution in [-0.4, -0.2) is 42.1 Å². The fraction of sp³-hybridized carbons (Fsp3) is 0.606. The standard InChI is InChI=1S/C33H43F3O6/c1-7-30(5,8-2)29(40)22(4)32-17-15-21(3)31(6,28(32)25(37)16-18-32)20-42-27(39)19-41-26(38)14-13-23-11-9-10-12-24(23)33(34,35)36/h7,9-14,21-22,28-29,40H,1,8,15-20H2,2-6H3/b14-13+/t21-,22+,28+,29+,30-,31-,32+/m1/s1. The molecule has 2 saturated carbocycles. The molecule has 3 rings (SSSR count). The largest absolute Gasteiger partial charge is 0.463 e. The van der Waals surface area contributed by atoms with E-state index in [2.05, 4.69) is 6.58 Å². The molecule has 1 aromatic rings. The first-order chi connectivity index (χ1) is 19.6. The van der Waals surface area contributed by atoms with Crippen LogP contribution in [0, 0.1) is 34.0 Å². The van der Waals surface area contributed by atoms with Crippen LogP contribution in [0.15, 0.2) is 43.0 Å². The van der Waals surface area contributed by atoms with E-state index in [-0.39, 0.29) is 29.8 Å².